The Morgan fingerprint density at radius 2 is 1.76 bits per heavy atom. The number of nitrogens with zero attached hydrogens (tertiary/aromatic N) is 3. The van der Waals surface area contributed by atoms with E-state index in [1.54, 1.807) is 4.90 Å². The SMILES string of the molecule is FC(F)(F)CN1CCCN(c2ncc(C(F)(F)F)s2)CC1. The van der Waals surface area contributed by atoms with Crippen molar-refractivity contribution in [2.75, 3.05) is 37.6 Å². The summed E-state index contributed by atoms with van der Waals surface area (Å²) in [5, 5.41) is 0.205. The van der Waals surface area contributed by atoms with Gasteiger partial charge in [-0.15, -0.1) is 0 Å². The molecule has 1 saturated heterocycles. The zero-order chi connectivity index (χ0) is 15.7. The zero-order valence-electron chi connectivity index (χ0n) is 10.8. The summed E-state index contributed by atoms with van der Waals surface area (Å²) < 4.78 is 74.6. The first-order valence-corrected chi connectivity index (χ1v) is 7.04. The maximum absolute atomic E-state index is 12.5. The van der Waals surface area contributed by atoms with Crippen LogP contribution in [0.1, 0.15) is 11.3 Å². The average Bonchev–Trinajstić information content (AvgIpc) is 2.71. The number of halogens is 6. The monoisotopic (exact) mass is 333 g/mol. The highest BCUT2D eigenvalue weighted by Gasteiger charge is 2.35. The average molecular weight is 333 g/mol. The van der Waals surface area contributed by atoms with Gasteiger partial charge in [-0.1, -0.05) is 11.3 Å². The molecule has 0 spiro atoms. The van der Waals surface area contributed by atoms with E-state index in [2.05, 4.69) is 4.98 Å². The van der Waals surface area contributed by atoms with E-state index < -0.39 is 23.8 Å². The Kier molecular flexibility index (Phi) is 4.66. The van der Waals surface area contributed by atoms with Crippen molar-refractivity contribution >= 4 is 16.5 Å². The number of alkyl halides is 6. The van der Waals surface area contributed by atoms with Crippen LogP contribution < -0.4 is 4.90 Å². The van der Waals surface area contributed by atoms with Crippen molar-refractivity contribution in [1.82, 2.24) is 9.88 Å². The summed E-state index contributed by atoms with van der Waals surface area (Å²) in [6, 6.07) is 0. The molecule has 0 aliphatic carbocycles. The molecule has 120 valence electrons. The number of hydrogen-bond acceptors (Lipinski definition) is 4. The largest absolute Gasteiger partial charge is 0.427 e. The highest BCUT2D eigenvalue weighted by molar-refractivity contribution is 7.15. The maximum Gasteiger partial charge on any atom is 0.427 e. The van der Waals surface area contributed by atoms with E-state index in [-0.39, 0.29) is 24.8 Å². The predicted octanol–water partition coefficient (Wildman–Crippen LogP) is 3.24. The minimum atomic E-state index is -4.44. The minimum absolute atomic E-state index is 0.153. The fourth-order valence-electron chi connectivity index (χ4n) is 2.12. The van der Waals surface area contributed by atoms with E-state index in [0.29, 0.717) is 24.3 Å². The predicted molar refractivity (Wildman–Crippen MR) is 66.4 cm³/mol. The Labute approximate surface area is 121 Å². The molecule has 0 radical (unpaired) electrons. The first-order valence-electron chi connectivity index (χ1n) is 6.22. The molecule has 2 rings (SSSR count). The van der Waals surface area contributed by atoms with Crippen LogP contribution in [-0.2, 0) is 6.18 Å². The van der Waals surface area contributed by atoms with Gasteiger partial charge in [0, 0.05) is 26.2 Å². The van der Waals surface area contributed by atoms with Crippen molar-refractivity contribution in [1.29, 1.82) is 0 Å². The maximum atomic E-state index is 12.5. The Hall–Kier alpha value is -1.03. The van der Waals surface area contributed by atoms with Gasteiger partial charge in [-0.3, -0.25) is 4.90 Å². The van der Waals surface area contributed by atoms with Crippen LogP contribution in [0.2, 0.25) is 0 Å². The number of aromatic nitrogens is 1. The topological polar surface area (TPSA) is 19.4 Å². The first-order chi connectivity index (χ1) is 9.65. The summed E-state index contributed by atoms with van der Waals surface area (Å²) >= 11 is 0.519. The normalized spacial score (nSPS) is 18.9. The summed E-state index contributed by atoms with van der Waals surface area (Å²) in [4.78, 5) is 5.80. The molecule has 1 aliphatic rings. The zero-order valence-corrected chi connectivity index (χ0v) is 11.7. The van der Waals surface area contributed by atoms with Gasteiger partial charge in [0.1, 0.15) is 4.88 Å². The molecule has 0 aromatic carbocycles. The van der Waals surface area contributed by atoms with Crippen LogP contribution in [0.25, 0.3) is 0 Å². The fourth-order valence-corrected chi connectivity index (χ4v) is 2.95. The first kappa shape index (κ1) is 16.3. The summed E-state index contributed by atoms with van der Waals surface area (Å²) in [7, 11) is 0. The highest BCUT2D eigenvalue weighted by Crippen LogP contribution is 2.36. The van der Waals surface area contributed by atoms with E-state index in [1.165, 1.54) is 4.90 Å². The molecule has 3 nitrogen and oxygen atoms in total. The molecule has 0 atom stereocenters. The van der Waals surface area contributed by atoms with Crippen molar-refractivity contribution in [3.63, 3.8) is 0 Å². The van der Waals surface area contributed by atoms with Crippen LogP contribution in [0.5, 0.6) is 0 Å². The molecule has 0 bridgehead atoms. The van der Waals surface area contributed by atoms with Crippen LogP contribution in [0.4, 0.5) is 31.5 Å². The molecule has 0 amide bonds. The van der Waals surface area contributed by atoms with Crippen LogP contribution in [0, 0.1) is 0 Å². The molecule has 1 aliphatic heterocycles. The molecule has 10 heteroatoms. The molecule has 2 heterocycles. The standard InChI is InChI=1S/C11H13F6N3S/c12-10(13,14)7-19-2-1-3-20(5-4-19)9-18-6-8(21-9)11(15,16)17/h6H,1-5,7H2. The van der Waals surface area contributed by atoms with Gasteiger partial charge in [0.25, 0.3) is 0 Å². The van der Waals surface area contributed by atoms with Crippen molar-refractivity contribution in [3.8, 4) is 0 Å². The third-order valence-corrected chi connectivity index (χ3v) is 4.14. The second-order valence-electron chi connectivity index (χ2n) is 4.74. The van der Waals surface area contributed by atoms with E-state index in [9.17, 15) is 26.3 Å². The molecule has 1 fully saturated rings. The molecule has 0 unspecified atom stereocenters. The van der Waals surface area contributed by atoms with Crippen LogP contribution >= 0.6 is 11.3 Å². The van der Waals surface area contributed by atoms with Gasteiger partial charge in [0.05, 0.1) is 12.7 Å². The molecule has 1 aromatic heterocycles. The van der Waals surface area contributed by atoms with E-state index in [1.807, 2.05) is 0 Å². The van der Waals surface area contributed by atoms with Gasteiger partial charge < -0.3 is 4.90 Å². The summed E-state index contributed by atoms with van der Waals surface area (Å²) in [5.74, 6) is 0. The lowest BCUT2D eigenvalue weighted by molar-refractivity contribution is -0.145. The van der Waals surface area contributed by atoms with Gasteiger partial charge in [0.15, 0.2) is 5.13 Å². The number of hydrogen-bond donors (Lipinski definition) is 0. The lowest BCUT2D eigenvalue weighted by atomic mass is 10.4. The lowest BCUT2D eigenvalue weighted by Gasteiger charge is -2.22. The molecule has 0 N–H and O–H groups in total. The lowest BCUT2D eigenvalue weighted by Crippen LogP contribution is -2.37. The third-order valence-electron chi connectivity index (χ3n) is 3.03. The molecule has 21 heavy (non-hydrogen) atoms. The van der Waals surface area contributed by atoms with E-state index >= 15 is 0 Å². The molecular formula is C11H13F6N3S. The molecule has 1 aromatic rings. The Morgan fingerprint density at radius 3 is 2.33 bits per heavy atom. The quantitative estimate of drug-likeness (QED) is 0.775. The second kappa shape index (κ2) is 5.99. The summed E-state index contributed by atoms with van der Waals surface area (Å²) in [5.41, 5.74) is 0. The van der Waals surface area contributed by atoms with E-state index in [4.69, 9.17) is 0 Å². The fraction of sp³-hybridized carbons (Fsp3) is 0.727. The van der Waals surface area contributed by atoms with Crippen molar-refractivity contribution < 1.29 is 26.3 Å². The van der Waals surface area contributed by atoms with Gasteiger partial charge >= 0.3 is 12.4 Å². The summed E-state index contributed by atoms with van der Waals surface area (Å²) in [6.07, 6.45) is -7.49. The van der Waals surface area contributed by atoms with Crippen molar-refractivity contribution in [2.24, 2.45) is 0 Å². The van der Waals surface area contributed by atoms with Gasteiger partial charge in [-0.2, -0.15) is 26.3 Å². The Morgan fingerprint density at radius 1 is 1.05 bits per heavy atom. The highest BCUT2D eigenvalue weighted by atomic mass is 32.1. The van der Waals surface area contributed by atoms with Gasteiger partial charge in [-0.25, -0.2) is 4.98 Å². The van der Waals surface area contributed by atoms with Crippen LogP contribution in [-0.4, -0.2) is 48.8 Å². The Balaban J connectivity index is 1.98. The third kappa shape index (κ3) is 4.73. The number of thiazole rings is 1. The number of rotatable bonds is 2. The van der Waals surface area contributed by atoms with E-state index in [0.717, 1.165) is 6.20 Å². The van der Waals surface area contributed by atoms with Crippen LogP contribution in [0.3, 0.4) is 0 Å². The van der Waals surface area contributed by atoms with Crippen LogP contribution in [0.15, 0.2) is 6.20 Å². The van der Waals surface area contributed by atoms with Crippen molar-refractivity contribution in [3.05, 3.63) is 11.1 Å². The van der Waals surface area contributed by atoms with Crippen molar-refractivity contribution in [2.45, 2.75) is 18.8 Å². The molecule has 0 saturated carbocycles. The van der Waals surface area contributed by atoms with Gasteiger partial charge in [0.2, 0.25) is 0 Å². The van der Waals surface area contributed by atoms with Gasteiger partial charge in [-0.05, 0) is 6.42 Å². The Bertz CT molecular complexity index is 469. The molecular weight excluding hydrogens is 320 g/mol. The summed E-state index contributed by atoms with van der Waals surface area (Å²) in [6.45, 7) is 0.0700. The second-order valence-corrected chi connectivity index (χ2v) is 5.75. The number of anilines is 1. The smallest absolute Gasteiger partial charge is 0.347 e. The minimum Gasteiger partial charge on any atom is -0.347 e.